The third-order valence-electron chi connectivity index (χ3n) is 6.04. The summed E-state index contributed by atoms with van der Waals surface area (Å²) in [5.74, 6) is 0.467. The molecule has 4 aromatic rings. The zero-order valence-corrected chi connectivity index (χ0v) is 24.1. The van der Waals surface area contributed by atoms with E-state index < -0.39 is 18.0 Å². The highest BCUT2D eigenvalue weighted by Gasteiger charge is 2.16. The van der Waals surface area contributed by atoms with Gasteiger partial charge in [0.1, 0.15) is 31.3 Å². The Kier molecular flexibility index (Phi) is 11.7. The first-order valence-corrected chi connectivity index (χ1v) is 16.2. The number of aryl methyl sites for hydroxylation is 1. The highest BCUT2D eigenvalue weighted by molar-refractivity contribution is 7.85. The van der Waals surface area contributed by atoms with Gasteiger partial charge in [-0.15, -0.1) is 0 Å². The van der Waals surface area contributed by atoms with E-state index in [1.54, 1.807) is 0 Å². The first kappa shape index (κ1) is 29.9. The summed E-state index contributed by atoms with van der Waals surface area (Å²) < 4.78 is 53.0. The van der Waals surface area contributed by atoms with Crippen molar-refractivity contribution in [3.8, 4) is 5.75 Å². The first-order valence-electron chi connectivity index (χ1n) is 13.2. The molecule has 0 N–H and O–H groups in total. The third kappa shape index (κ3) is 10.2. The average molecular weight is 583 g/mol. The van der Waals surface area contributed by atoms with Gasteiger partial charge in [-0.05, 0) is 42.4 Å². The highest BCUT2D eigenvalue weighted by Crippen LogP contribution is 2.33. The molecule has 212 valence electrons. The summed E-state index contributed by atoms with van der Waals surface area (Å²) in [6, 6.07) is 29.6. The Morgan fingerprint density at radius 1 is 0.750 bits per heavy atom. The number of ether oxygens (including phenoxy) is 3. The van der Waals surface area contributed by atoms with Gasteiger partial charge in [-0.2, -0.15) is 0 Å². The highest BCUT2D eigenvalue weighted by atomic mass is 32.2. The lowest BCUT2D eigenvalue weighted by atomic mass is 10.3. The Morgan fingerprint density at radius 3 is 1.95 bits per heavy atom. The van der Waals surface area contributed by atoms with Crippen LogP contribution in [0.25, 0.3) is 0 Å². The number of rotatable bonds is 17. The maximum atomic E-state index is 10.7. The molecule has 0 atom stereocenters. The minimum Gasteiger partial charge on any atom is -0.748 e. The van der Waals surface area contributed by atoms with Crippen molar-refractivity contribution in [3.05, 3.63) is 104 Å². The maximum absolute atomic E-state index is 10.7. The van der Waals surface area contributed by atoms with Crippen molar-refractivity contribution < 1.29 is 31.7 Å². The van der Waals surface area contributed by atoms with Crippen LogP contribution in [0.5, 0.6) is 5.75 Å². The van der Waals surface area contributed by atoms with Crippen LogP contribution >= 0.6 is 7.92 Å². The molecule has 0 aliphatic rings. The standard InChI is InChI=1S/C30H35N2O6PS/c33-40(34,35)25-7-16-31-17-18-32(26-31)19-20-36-21-22-37-23-24-38-27-12-14-30(15-13-27)39(28-8-3-1-4-9-28)29-10-5-2-6-11-29/h1-6,8-15,17-18,26H,7,16,19-25H2. The van der Waals surface area contributed by atoms with Crippen LogP contribution in [0.2, 0.25) is 0 Å². The Morgan fingerprint density at radius 2 is 1.32 bits per heavy atom. The first-order chi connectivity index (χ1) is 19.5. The fourth-order valence-corrected chi connectivity index (χ4v) is 6.90. The van der Waals surface area contributed by atoms with E-state index in [4.69, 9.17) is 14.2 Å². The van der Waals surface area contributed by atoms with Gasteiger partial charge >= 0.3 is 0 Å². The summed E-state index contributed by atoms with van der Waals surface area (Å²) in [7, 11) is -4.79. The lowest BCUT2D eigenvalue weighted by molar-refractivity contribution is -0.696. The molecule has 0 aliphatic heterocycles. The molecule has 0 spiro atoms. The molecule has 0 aliphatic carbocycles. The average Bonchev–Trinajstić information content (AvgIpc) is 3.41. The number of imidazole rings is 1. The molecule has 0 bridgehead atoms. The molecular weight excluding hydrogens is 547 g/mol. The summed E-state index contributed by atoms with van der Waals surface area (Å²) in [6.07, 6.45) is 5.90. The molecule has 10 heteroatoms. The number of hydrogen-bond donors (Lipinski definition) is 0. The number of nitrogens with zero attached hydrogens (tertiary/aromatic N) is 2. The van der Waals surface area contributed by atoms with Crippen molar-refractivity contribution >= 4 is 34.0 Å². The molecule has 3 aromatic carbocycles. The largest absolute Gasteiger partial charge is 0.748 e. The van der Waals surface area contributed by atoms with Gasteiger partial charge in [0.15, 0.2) is 0 Å². The summed E-state index contributed by atoms with van der Waals surface area (Å²) in [4.78, 5) is 0. The summed E-state index contributed by atoms with van der Waals surface area (Å²) in [5.41, 5.74) is 0. The monoisotopic (exact) mass is 582 g/mol. The van der Waals surface area contributed by atoms with Gasteiger partial charge in [-0.1, -0.05) is 72.8 Å². The van der Waals surface area contributed by atoms with Crippen LogP contribution in [0.3, 0.4) is 0 Å². The molecule has 0 unspecified atom stereocenters. The number of aromatic nitrogens is 2. The molecule has 0 amide bonds. The van der Waals surface area contributed by atoms with Crippen LogP contribution in [0.1, 0.15) is 6.42 Å². The van der Waals surface area contributed by atoms with Gasteiger partial charge < -0.3 is 18.8 Å². The van der Waals surface area contributed by atoms with Gasteiger partial charge in [0.25, 0.3) is 0 Å². The van der Waals surface area contributed by atoms with Gasteiger partial charge in [-0.25, -0.2) is 17.6 Å². The Bertz CT molecular complexity index is 1340. The molecule has 4 rings (SSSR count). The molecule has 0 radical (unpaired) electrons. The van der Waals surface area contributed by atoms with E-state index in [1.807, 2.05) is 52.1 Å². The van der Waals surface area contributed by atoms with E-state index in [9.17, 15) is 13.0 Å². The van der Waals surface area contributed by atoms with E-state index in [0.29, 0.717) is 52.5 Å². The van der Waals surface area contributed by atoms with Crippen molar-refractivity contribution in [3.63, 3.8) is 0 Å². The number of hydrogen-bond acceptors (Lipinski definition) is 6. The molecule has 1 heterocycles. The van der Waals surface area contributed by atoms with Crippen molar-refractivity contribution in [1.29, 1.82) is 0 Å². The van der Waals surface area contributed by atoms with Crippen LogP contribution in [0.15, 0.2) is 104 Å². The van der Waals surface area contributed by atoms with Gasteiger partial charge in [0.2, 0.25) is 6.33 Å². The van der Waals surface area contributed by atoms with E-state index in [2.05, 4.69) is 60.7 Å². The SMILES string of the molecule is O=S(=O)([O-])CCC[n+]1ccn(CCOCCOCCOc2ccc(P(c3ccccc3)c3ccccc3)cc2)c1. The Labute approximate surface area is 237 Å². The molecule has 0 saturated heterocycles. The molecular formula is C30H35N2O6PS. The fraction of sp³-hybridized carbons (Fsp3) is 0.300. The lowest BCUT2D eigenvalue weighted by Gasteiger charge is -2.19. The van der Waals surface area contributed by atoms with E-state index in [0.717, 1.165) is 5.75 Å². The van der Waals surface area contributed by atoms with Gasteiger partial charge in [0.05, 0.1) is 43.1 Å². The predicted octanol–water partition coefficient (Wildman–Crippen LogP) is 2.58. The molecule has 8 nitrogen and oxygen atoms in total. The Hall–Kier alpha value is -3.07. The summed E-state index contributed by atoms with van der Waals surface area (Å²) in [5, 5.41) is 3.91. The molecule has 0 fully saturated rings. The predicted molar refractivity (Wildman–Crippen MR) is 156 cm³/mol. The second-order valence-electron chi connectivity index (χ2n) is 9.08. The van der Waals surface area contributed by atoms with Crippen molar-refractivity contribution in [2.45, 2.75) is 19.5 Å². The minimum atomic E-state index is -4.16. The number of benzene rings is 3. The maximum Gasteiger partial charge on any atom is 0.243 e. The van der Waals surface area contributed by atoms with Crippen molar-refractivity contribution in [2.75, 3.05) is 38.8 Å². The summed E-state index contributed by atoms with van der Waals surface area (Å²) >= 11 is 0. The summed E-state index contributed by atoms with van der Waals surface area (Å²) in [6.45, 7) is 3.59. The van der Waals surface area contributed by atoms with Crippen LogP contribution in [0, 0.1) is 0 Å². The quantitative estimate of drug-likeness (QED) is 0.0823. The van der Waals surface area contributed by atoms with Crippen LogP contribution in [0.4, 0.5) is 0 Å². The minimum absolute atomic E-state index is 0.299. The molecule has 0 saturated carbocycles. The van der Waals surface area contributed by atoms with Crippen molar-refractivity contribution in [2.24, 2.45) is 0 Å². The molecule has 40 heavy (non-hydrogen) atoms. The van der Waals surface area contributed by atoms with E-state index >= 15 is 0 Å². The van der Waals surface area contributed by atoms with Crippen LogP contribution in [-0.2, 0) is 32.7 Å². The second-order valence-corrected chi connectivity index (χ2v) is 12.8. The van der Waals surface area contributed by atoms with Gasteiger partial charge in [0, 0.05) is 5.75 Å². The van der Waals surface area contributed by atoms with Crippen molar-refractivity contribution in [1.82, 2.24) is 4.57 Å². The molecule has 1 aromatic heterocycles. The second kappa shape index (κ2) is 15.6. The smallest absolute Gasteiger partial charge is 0.243 e. The fourth-order valence-electron chi connectivity index (χ4n) is 4.13. The Balaban J connectivity index is 1.10. The lowest BCUT2D eigenvalue weighted by Crippen LogP contribution is -2.32. The zero-order valence-electron chi connectivity index (χ0n) is 22.4. The third-order valence-corrected chi connectivity index (χ3v) is 9.28. The normalized spacial score (nSPS) is 11.7. The van der Waals surface area contributed by atoms with E-state index in [-0.39, 0.29) is 5.75 Å². The topological polar surface area (TPSA) is 93.7 Å². The van der Waals surface area contributed by atoms with Crippen LogP contribution in [-0.4, -0.2) is 56.3 Å². The van der Waals surface area contributed by atoms with Gasteiger partial charge in [-0.3, -0.25) is 0 Å². The van der Waals surface area contributed by atoms with E-state index in [1.165, 1.54) is 15.9 Å². The zero-order chi connectivity index (χ0) is 28.0. The van der Waals surface area contributed by atoms with Crippen LogP contribution < -0.4 is 25.2 Å².